The fraction of sp³-hybridized carbons (Fsp3) is 0.382. The number of aliphatic hydroxyl groups excluding tert-OH is 1. The van der Waals surface area contributed by atoms with Crippen LogP contribution >= 0.6 is 0 Å². The molecule has 0 aromatic heterocycles. The zero-order chi connectivity index (χ0) is 33.3. The summed E-state index contributed by atoms with van der Waals surface area (Å²) in [6, 6.07) is 17.2. The summed E-state index contributed by atoms with van der Waals surface area (Å²) in [6.45, 7) is 3.06. The van der Waals surface area contributed by atoms with Gasteiger partial charge in [-0.15, -0.1) is 0 Å². The number of carboxylic acid groups (broad SMARTS) is 1. The van der Waals surface area contributed by atoms with Crippen molar-refractivity contribution in [2.75, 3.05) is 24.6 Å². The molecule has 9 nitrogen and oxygen atoms in total. The molecule has 0 bridgehead atoms. The van der Waals surface area contributed by atoms with Gasteiger partial charge in [0.1, 0.15) is 5.75 Å². The third kappa shape index (κ3) is 8.85. The molecule has 1 unspecified atom stereocenters. The Balaban J connectivity index is 0.00000154. The minimum atomic E-state index is -4.44. The Bertz CT molecular complexity index is 1500. The minimum Gasteiger partial charge on any atom is -0.491 e. The van der Waals surface area contributed by atoms with Gasteiger partial charge in [0.15, 0.2) is 0 Å². The Kier molecular flexibility index (Phi) is 11.8. The van der Waals surface area contributed by atoms with Gasteiger partial charge in [0.2, 0.25) is 5.91 Å². The summed E-state index contributed by atoms with van der Waals surface area (Å²) in [4.78, 5) is 36.4. The highest BCUT2D eigenvalue weighted by molar-refractivity contribution is 6.01. The summed E-state index contributed by atoms with van der Waals surface area (Å²) >= 11 is 0. The first-order chi connectivity index (χ1) is 22.0. The molecule has 2 heterocycles. The first-order valence-corrected chi connectivity index (χ1v) is 15.1. The molecule has 0 radical (unpaired) electrons. The Morgan fingerprint density at radius 2 is 1.83 bits per heavy atom. The molecule has 3 aromatic carbocycles. The molecular formula is C34H38F3N3O6. The lowest BCUT2D eigenvalue weighted by atomic mass is 9.91. The first-order valence-electron chi connectivity index (χ1n) is 15.1. The second-order valence-electron chi connectivity index (χ2n) is 11.4. The van der Waals surface area contributed by atoms with Crippen LogP contribution in [0.5, 0.6) is 5.75 Å². The first kappa shape index (κ1) is 34.5. The van der Waals surface area contributed by atoms with E-state index in [0.29, 0.717) is 48.6 Å². The zero-order valence-electron chi connectivity index (χ0n) is 25.4. The average molecular weight is 642 g/mol. The van der Waals surface area contributed by atoms with Crippen molar-refractivity contribution in [1.82, 2.24) is 10.6 Å². The molecule has 3 aromatic rings. The molecule has 4 N–H and O–H groups in total. The number of carbonyl (C=O) groups is 3. The van der Waals surface area contributed by atoms with Crippen molar-refractivity contribution >= 4 is 24.0 Å². The van der Waals surface area contributed by atoms with E-state index in [2.05, 4.69) is 17.6 Å². The van der Waals surface area contributed by atoms with E-state index in [1.807, 2.05) is 30.3 Å². The Hall–Kier alpha value is -4.42. The predicted molar refractivity (Wildman–Crippen MR) is 166 cm³/mol. The molecule has 1 fully saturated rings. The van der Waals surface area contributed by atoms with Crippen LogP contribution in [0.4, 0.5) is 18.9 Å². The molecular weight excluding hydrogens is 603 g/mol. The number of carbonyl (C=O) groups excluding carboxylic acids is 2. The molecule has 0 saturated carbocycles. The summed E-state index contributed by atoms with van der Waals surface area (Å²) in [7, 11) is 0. The molecule has 3 atom stereocenters. The van der Waals surface area contributed by atoms with Crippen molar-refractivity contribution in [3.05, 3.63) is 94.5 Å². The number of rotatable bonds is 10. The number of halogens is 3. The lowest BCUT2D eigenvalue weighted by Gasteiger charge is -2.30. The molecule has 0 spiro atoms. The lowest BCUT2D eigenvalue weighted by molar-refractivity contribution is -0.137. The largest absolute Gasteiger partial charge is 0.491 e. The van der Waals surface area contributed by atoms with Crippen LogP contribution in [0.2, 0.25) is 0 Å². The van der Waals surface area contributed by atoms with Crippen LogP contribution in [-0.2, 0) is 28.7 Å². The third-order valence-electron chi connectivity index (χ3n) is 8.07. The van der Waals surface area contributed by atoms with E-state index in [-0.39, 0.29) is 31.4 Å². The third-order valence-corrected chi connectivity index (χ3v) is 8.07. The second-order valence-corrected chi connectivity index (χ2v) is 11.4. The molecule has 2 aliphatic heterocycles. The van der Waals surface area contributed by atoms with Crippen molar-refractivity contribution < 1.29 is 42.5 Å². The molecule has 246 valence electrons. The van der Waals surface area contributed by atoms with Gasteiger partial charge in [0.25, 0.3) is 12.4 Å². The Labute approximate surface area is 265 Å². The van der Waals surface area contributed by atoms with Gasteiger partial charge in [-0.2, -0.15) is 13.2 Å². The van der Waals surface area contributed by atoms with Crippen molar-refractivity contribution in [2.24, 2.45) is 0 Å². The maximum atomic E-state index is 13.7. The number of fused-ring (bicyclic) bond motifs is 1. The van der Waals surface area contributed by atoms with E-state index >= 15 is 0 Å². The number of nitrogens with one attached hydrogen (secondary N) is 2. The number of hydrogen-bond acceptors (Lipinski definition) is 6. The molecule has 1 saturated heterocycles. The van der Waals surface area contributed by atoms with E-state index in [9.17, 15) is 27.9 Å². The number of aliphatic hydroxyl groups is 1. The van der Waals surface area contributed by atoms with Gasteiger partial charge >= 0.3 is 6.18 Å². The van der Waals surface area contributed by atoms with Crippen LogP contribution < -0.4 is 20.3 Å². The number of alkyl halides is 3. The molecule has 5 rings (SSSR count). The summed E-state index contributed by atoms with van der Waals surface area (Å²) in [5.41, 5.74) is 2.44. The fourth-order valence-electron chi connectivity index (χ4n) is 5.65. The summed E-state index contributed by atoms with van der Waals surface area (Å²) in [6.07, 6.45) is -3.19. The van der Waals surface area contributed by atoms with Gasteiger partial charge in [-0.05, 0) is 54.5 Å². The molecule has 2 amide bonds. The predicted octanol–water partition coefficient (Wildman–Crippen LogP) is 4.91. The quantitative estimate of drug-likeness (QED) is 0.232. The molecule has 0 aliphatic carbocycles. The average Bonchev–Trinajstić information content (AvgIpc) is 3.46. The highest BCUT2D eigenvalue weighted by atomic mass is 19.4. The SMILES string of the molecule is CC1CCOc2c1cc(C(=O)N[C@@H](Cc1ccccc1)[C@H](O)CNCc1cccc(C(F)(F)F)c1)cc2N1CCCC1=O.O=CO. The lowest BCUT2D eigenvalue weighted by Crippen LogP contribution is -2.48. The van der Waals surface area contributed by atoms with E-state index in [1.54, 1.807) is 23.1 Å². The molecule has 46 heavy (non-hydrogen) atoms. The highest BCUT2D eigenvalue weighted by Gasteiger charge is 2.32. The van der Waals surface area contributed by atoms with Gasteiger partial charge < -0.3 is 30.5 Å². The van der Waals surface area contributed by atoms with Gasteiger partial charge in [0.05, 0.1) is 30.0 Å². The standard InChI is InChI=1S/C33H36F3N3O4.CH2O2/c1-21-12-14-43-31-26(21)17-24(18-28(31)39-13-6-11-30(39)41)32(42)38-27(16-22-7-3-2-4-8-22)29(40)20-37-19-23-9-5-10-25(15-23)33(34,35)36;2-1-3/h2-5,7-10,15,17-18,21,27,29,37,40H,6,11-14,16,19-20H2,1H3,(H,38,42);1H,(H,2,3)/t21?,27-,29+;/m0./s1. The molecule has 2 aliphatic rings. The van der Waals surface area contributed by atoms with Crippen molar-refractivity contribution in [3.8, 4) is 5.75 Å². The van der Waals surface area contributed by atoms with Gasteiger partial charge in [-0.25, -0.2) is 0 Å². The maximum absolute atomic E-state index is 13.7. The van der Waals surface area contributed by atoms with Gasteiger partial charge in [0, 0.05) is 37.2 Å². The van der Waals surface area contributed by atoms with Crippen molar-refractivity contribution in [3.63, 3.8) is 0 Å². The number of amides is 2. The highest BCUT2D eigenvalue weighted by Crippen LogP contribution is 2.43. The normalized spacial score (nSPS) is 17.2. The van der Waals surface area contributed by atoms with Crippen LogP contribution in [-0.4, -0.2) is 60.3 Å². The number of nitrogens with zero attached hydrogens (tertiary/aromatic N) is 1. The van der Waals surface area contributed by atoms with Gasteiger partial charge in [-0.1, -0.05) is 55.5 Å². The Morgan fingerprint density at radius 1 is 1.11 bits per heavy atom. The summed E-state index contributed by atoms with van der Waals surface area (Å²) in [5, 5.41) is 24.1. The topological polar surface area (TPSA) is 128 Å². The van der Waals surface area contributed by atoms with E-state index < -0.39 is 29.8 Å². The number of ether oxygens (including phenoxy) is 1. The van der Waals surface area contributed by atoms with Crippen LogP contribution in [0.15, 0.2) is 66.7 Å². The van der Waals surface area contributed by atoms with Crippen LogP contribution in [0, 0.1) is 0 Å². The van der Waals surface area contributed by atoms with Crippen LogP contribution in [0.3, 0.4) is 0 Å². The maximum Gasteiger partial charge on any atom is 0.416 e. The monoisotopic (exact) mass is 641 g/mol. The van der Waals surface area contributed by atoms with Crippen molar-refractivity contribution in [2.45, 2.75) is 63.4 Å². The number of benzene rings is 3. The van der Waals surface area contributed by atoms with Gasteiger partial charge in [-0.3, -0.25) is 14.4 Å². The van der Waals surface area contributed by atoms with Crippen molar-refractivity contribution in [1.29, 1.82) is 0 Å². The fourth-order valence-corrected chi connectivity index (χ4v) is 5.65. The number of hydrogen-bond donors (Lipinski definition) is 4. The minimum absolute atomic E-state index is 0.00851. The smallest absolute Gasteiger partial charge is 0.416 e. The van der Waals surface area contributed by atoms with E-state index in [4.69, 9.17) is 14.6 Å². The summed E-state index contributed by atoms with van der Waals surface area (Å²) in [5.74, 6) is 0.376. The van der Waals surface area contributed by atoms with Crippen LogP contribution in [0.1, 0.15) is 64.7 Å². The summed E-state index contributed by atoms with van der Waals surface area (Å²) < 4.78 is 45.3. The van der Waals surface area contributed by atoms with E-state index in [0.717, 1.165) is 36.1 Å². The number of anilines is 1. The van der Waals surface area contributed by atoms with Crippen LogP contribution in [0.25, 0.3) is 0 Å². The Morgan fingerprint density at radius 3 is 2.50 bits per heavy atom. The molecule has 12 heteroatoms. The second kappa shape index (κ2) is 15.7. The zero-order valence-corrected chi connectivity index (χ0v) is 25.4. The van der Waals surface area contributed by atoms with E-state index in [1.165, 1.54) is 6.07 Å².